The molecular formula is C11H22N2O2. The largest absolute Gasteiger partial charge is 0.379 e. The molecule has 4 nitrogen and oxygen atoms in total. The first-order chi connectivity index (χ1) is 6.97. The second kappa shape index (κ2) is 5.47. The Morgan fingerprint density at radius 1 is 1.60 bits per heavy atom. The lowest BCUT2D eigenvalue weighted by Gasteiger charge is -2.24. The van der Waals surface area contributed by atoms with Gasteiger partial charge >= 0.3 is 0 Å². The van der Waals surface area contributed by atoms with Gasteiger partial charge in [-0.3, -0.25) is 4.79 Å². The minimum Gasteiger partial charge on any atom is -0.379 e. The molecule has 0 radical (unpaired) electrons. The van der Waals surface area contributed by atoms with Crippen LogP contribution < -0.4 is 11.1 Å². The van der Waals surface area contributed by atoms with Crippen LogP contribution >= 0.6 is 0 Å². The van der Waals surface area contributed by atoms with E-state index in [0.717, 1.165) is 19.4 Å². The minimum absolute atomic E-state index is 0.0871. The van der Waals surface area contributed by atoms with Gasteiger partial charge in [0.25, 0.3) is 0 Å². The van der Waals surface area contributed by atoms with Crippen molar-refractivity contribution in [1.29, 1.82) is 0 Å². The van der Waals surface area contributed by atoms with E-state index in [1.165, 1.54) is 0 Å². The molecule has 1 fully saturated rings. The average molecular weight is 214 g/mol. The van der Waals surface area contributed by atoms with Crippen LogP contribution in [-0.2, 0) is 9.53 Å². The second-order valence-electron chi connectivity index (χ2n) is 4.97. The van der Waals surface area contributed by atoms with Gasteiger partial charge in [-0.1, -0.05) is 0 Å². The molecule has 0 saturated carbocycles. The van der Waals surface area contributed by atoms with E-state index >= 15 is 0 Å². The topological polar surface area (TPSA) is 64.4 Å². The van der Waals surface area contributed by atoms with Crippen LogP contribution in [0.2, 0.25) is 0 Å². The van der Waals surface area contributed by atoms with Crippen LogP contribution in [0.15, 0.2) is 0 Å². The number of rotatable bonds is 4. The van der Waals surface area contributed by atoms with Crippen LogP contribution in [0, 0.1) is 0 Å². The molecule has 0 spiro atoms. The Morgan fingerprint density at radius 3 is 2.87 bits per heavy atom. The minimum atomic E-state index is -0.263. The van der Waals surface area contributed by atoms with Crippen molar-refractivity contribution in [2.75, 3.05) is 13.2 Å². The molecule has 1 heterocycles. The van der Waals surface area contributed by atoms with Crippen molar-refractivity contribution in [3.05, 3.63) is 0 Å². The standard InChI is InChI=1S/C11H22N2O2/c1-11(2,12)6-5-10(14)13-9-4-3-7-15-8-9/h9H,3-8,12H2,1-2H3,(H,13,14). The molecule has 3 N–H and O–H groups in total. The Balaban J connectivity index is 2.17. The summed E-state index contributed by atoms with van der Waals surface area (Å²) in [5, 5.41) is 2.97. The van der Waals surface area contributed by atoms with Gasteiger partial charge in [-0.05, 0) is 33.1 Å². The highest BCUT2D eigenvalue weighted by Gasteiger charge is 2.18. The third kappa shape index (κ3) is 5.74. The zero-order valence-electron chi connectivity index (χ0n) is 9.71. The first-order valence-corrected chi connectivity index (χ1v) is 5.63. The summed E-state index contributed by atoms with van der Waals surface area (Å²) in [6, 6.07) is 0.201. The van der Waals surface area contributed by atoms with E-state index in [4.69, 9.17) is 10.5 Å². The monoisotopic (exact) mass is 214 g/mol. The number of hydrogen-bond acceptors (Lipinski definition) is 3. The summed E-state index contributed by atoms with van der Waals surface area (Å²) < 4.78 is 5.29. The smallest absolute Gasteiger partial charge is 0.220 e. The molecule has 15 heavy (non-hydrogen) atoms. The first-order valence-electron chi connectivity index (χ1n) is 5.63. The summed E-state index contributed by atoms with van der Waals surface area (Å²) in [7, 11) is 0. The fourth-order valence-corrected chi connectivity index (χ4v) is 1.59. The van der Waals surface area contributed by atoms with Gasteiger partial charge in [0.2, 0.25) is 5.91 Å². The molecule has 1 aliphatic rings. The van der Waals surface area contributed by atoms with E-state index in [-0.39, 0.29) is 17.5 Å². The quantitative estimate of drug-likeness (QED) is 0.727. The molecule has 1 unspecified atom stereocenters. The SMILES string of the molecule is CC(C)(N)CCC(=O)NC1CCCOC1. The number of hydrogen-bond donors (Lipinski definition) is 2. The van der Waals surface area contributed by atoms with Gasteiger partial charge in [0, 0.05) is 18.6 Å². The third-order valence-electron chi connectivity index (χ3n) is 2.52. The fraction of sp³-hybridized carbons (Fsp3) is 0.909. The number of carbonyl (C=O) groups excluding carboxylic acids is 1. The van der Waals surface area contributed by atoms with Crippen molar-refractivity contribution in [3.8, 4) is 0 Å². The average Bonchev–Trinajstić information content (AvgIpc) is 2.15. The van der Waals surface area contributed by atoms with Gasteiger partial charge in [-0.15, -0.1) is 0 Å². The molecule has 0 aromatic carbocycles. The zero-order valence-corrected chi connectivity index (χ0v) is 9.71. The Hall–Kier alpha value is -0.610. The fourth-order valence-electron chi connectivity index (χ4n) is 1.59. The predicted molar refractivity (Wildman–Crippen MR) is 59.5 cm³/mol. The van der Waals surface area contributed by atoms with Crippen LogP contribution in [0.3, 0.4) is 0 Å². The van der Waals surface area contributed by atoms with Gasteiger partial charge in [-0.25, -0.2) is 0 Å². The number of nitrogens with one attached hydrogen (secondary N) is 1. The molecule has 1 aliphatic heterocycles. The first kappa shape index (κ1) is 12.5. The highest BCUT2D eigenvalue weighted by Crippen LogP contribution is 2.09. The Bertz CT molecular complexity index is 205. The van der Waals surface area contributed by atoms with Crippen molar-refractivity contribution in [3.63, 3.8) is 0 Å². The Kier molecular flexibility index (Phi) is 4.54. The van der Waals surface area contributed by atoms with Crippen LogP contribution in [0.4, 0.5) is 0 Å². The van der Waals surface area contributed by atoms with Crippen molar-refractivity contribution in [2.45, 2.75) is 51.1 Å². The zero-order chi connectivity index (χ0) is 11.3. The molecule has 1 amide bonds. The molecule has 0 bridgehead atoms. The summed E-state index contributed by atoms with van der Waals surface area (Å²) in [6.45, 7) is 5.34. The molecule has 1 atom stereocenters. The van der Waals surface area contributed by atoms with E-state index in [0.29, 0.717) is 19.4 Å². The maximum absolute atomic E-state index is 11.5. The van der Waals surface area contributed by atoms with E-state index in [1.807, 2.05) is 13.8 Å². The second-order valence-corrected chi connectivity index (χ2v) is 4.97. The number of nitrogens with two attached hydrogens (primary N) is 1. The molecule has 1 saturated heterocycles. The predicted octanol–water partition coefficient (Wildman–Crippen LogP) is 0.799. The lowest BCUT2D eigenvalue weighted by atomic mass is 9.99. The van der Waals surface area contributed by atoms with E-state index in [1.54, 1.807) is 0 Å². The maximum Gasteiger partial charge on any atom is 0.220 e. The summed E-state index contributed by atoms with van der Waals surface area (Å²) in [5.74, 6) is 0.0871. The van der Waals surface area contributed by atoms with Crippen molar-refractivity contribution < 1.29 is 9.53 Å². The van der Waals surface area contributed by atoms with E-state index in [9.17, 15) is 4.79 Å². The maximum atomic E-state index is 11.5. The van der Waals surface area contributed by atoms with Gasteiger partial charge < -0.3 is 15.8 Å². The van der Waals surface area contributed by atoms with Gasteiger partial charge in [0.15, 0.2) is 0 Å². The van der Waals surface area contributed by atoms with Crippen LogP contribution in [-0.4, -0.2) is 30.7 Å². The molecular weight excluding hydrogens is 192 g/mol. The third-order valence-corrected chi connectivity index (χ3v) is 2.52. The Labute approximate surface area is 91.5 Å². The van der Waals surface area contributed by atoms with Crippen LogP contribution in [0.25, 0.3) is 0 Å². The number of ether oxygens (including phenoxy) is 1. The molecule has 88 valence electrons. The van der Waals surface area contributed by atoms with Crippen molar-refractivity contribution >= 4 is 5.91 Å². The summed E-state index contributed by atoms with van der Waals surface area (Å²) >= 11 is 0. The lowest BCUT2D eigenvalue weighted by Crippen LogP contribution is -2.42. The highest BCUT2D eigenvalue weighted by atomic mass is 16.5. The van der Waals surface area contributed by atoms with Crippen molar-refractivity contribution in [2.24, 2.45) is 5.73 Å². The summed E-state index contributed by atoms with van der Waals surface area (Å²) in [4.78, 5) is 11.5. The molecule has 0 aliphatic carbocycles. The lowest BCUT2D eigenvalue weighted by molar-refractivity contribution is -0.123. The highest BCUT2D eigenvalue weighted by molar-refractivity contribution is 5.76. The van der Waals surface area contributed by atoms with E-state index < -0.39 is 0 Å². The van der Waals surface area contributed by atoms with E-state index in [2.05, 4.69) is 5.32 Å². The normalized spacial score (nSPS) is 22.5. The summed E-state index contributed by atoms with van der Waals surface area (Å²) in [5.41, 5.74) is 5.55. The molecule has 0 aromatic heterocycles. The molecule has 0 aromatic rings. The van der Waals surface area contributed by atoms with Crippen LogP contribution in [0.5, 0.6) is 0 Å². The molecule has 4 heteroatoms. The van der Waals surface area contributed by atoms with Gasteiger partial charge in [0.1, 0.15) is 0 Å². The van der Waals surface area contributed by atoms with Gasteiger partial charge in [0.05, 0.1) is 12.6 Å². The van der Waals surface area contributed by atoms with Crippen molar-refractivity contribution in [1.82, 2.24) is 5.32 Å². The number of amides is 1. The van der Waals surface area contributed by atoms with Gasteiger partial charge in [-0.2, -0.15) is 0 Å². The Morgan fingerprint density at radius 2 is 2.33 bits per heavy atom. The van der Waals surface area contributed by atoms with Crippen LogP contribution in [0.1, 0.15) is 39.5 Å². The number of carbonyl (C=O) groups is 1. The molecule has 1 rings (SSSR count). The summed E-state index contributed by atoms with van der Waals surface area (Å²) in [6.07, 6.45) is 3.28.